The van der Waals surface area contributed by atoms with Crippen LogP contribution in [0.3, 0.4) is 0 Å². The van der Waals surface area contributed by atoms with Gasteiger partial charge in [-0.25, -0.2) is 75.0 Å². The summed E-state index contributed by atoms with van der Waals surface area (Å²) in [5, 5.41) is 79.4. The van der Waals surface area contributed by atoms with Crippen LogP contribution in [0.1, 0.15) is 62.3 Å². The first-order chi connectivity index (χ1) is 71.6. The number of aromatic nitrogens is 20. The van der Waals surface area contributed by atoms with E-state index in [1.54, 1.807) is 0 Å². The highest BCUT2D eigenvalue weighted by Crippen LogP contribution is 2.39. The van der Waals surface area contributed by atoms with Gasteiger partial charge in [-0.3, -0.25) is 37.9 Å². The number of rotatable bonds is 32. The number of Topliss-reactive ketones (excluding diaryl/α,β-unsaturated/α-hetero) is 4. The Morgan fingerprint density at radius 2 is 0.569 bits per heavy atom. The number of hydrogen-bond donors (Lipinski definition) is 8. The molecular weight excluding hydrogens is 1970 g/mol. The number of carbonyl (C=O) groups is 4. The maximum absolute atomic E-state index is 14.8. The van der Waals surface area contributed by atoms with Gasteiger partial charge in [0.15, 0.2) is 93.0 Å². The Balaban J connectivity index is 0.000000170. The van der Waals surface area contributed by atoms with Crippen LogP contribution < -0.4 is 21.3 Å². The number of ketones is 4. The van der Waals surface area contributed by atoms with Crippen molar-refractivity contribution in [1.82, 2.24) is 99.6 Å². The maximum Gasteiger partial charge on any atom is 0.426 e. The van der Waals surface area contributed by atoms with E-state index in [-0.39, 0.29) is 141 Å². The molecule has 0 bridgehead atoms. The third-order valence-corrected chi connectivity index (χ3v) is 20.6. The molecule has 36 nitrogen and oxygen atoms in total. The molecule has 4 atom stereocenters. The minimum Gasteiger partial charge on any atom is -0.373 e. The second-order valence-corrected chi connectivity index (χ2v) is 30.1. The number of benzene rings is 4. The number of halogens is 20. The number of hydrogen-bond acceptors (Lipinski definition) is 32. The van der Waals surface area contributed by atoms with Crippen molar-refractivity contribution in [2.24, 2.45) is 0 Å². The van der Waals surface area contributed by atoms with Crippen LogP contribution >= 0.6 is 0 Å². The summed E-state index contributed by atoms with van der Waals surface area (Å²) in [5.41, 5.74) is -13.9. The first-order valence-corrected chi connectivity index (χ1v) is 40.4. The highest BCUT2D eigenvalue weighted by atomic mass is 19.4. The molecule has 56 heteroatoms. The molecule has 0 aliphatic carbocycles. The lowest BCUT2D eigenvalue weighted by molar-refractivity contribution is -0.245. The number of anilines is 4. The molecule has 8 N–H and O–H groups in total. The lowest BCUT2D eigenvalue weighted by Crippen LogP contribution is -2.56. The highest BCUT2D eigenvalue weighted by molar-refractivity contribution is 5.88. The molecule has 16 rings (SSSR count). The molecule has 0 aliphatic rings. The number of aliphatic hydroxyl groups is 4. The van der Waals surface area contributed by atoms with Crippen molar-refractivity contribution < 1.29 is 158 Å². The van der Waals surface area contributed by atoms with Gasteiger partial charge in [-0.05, 0) is 76.2 Å². The molecular formula is C88H68F20N24O12. The molecule has 12 heterocycles. The number of alkyl halides is 12. The molecule has 0 aliphatic heterocycles. The summed E-state index contributed by atoms with van der Waals surface area (Å²) in [6.45, 7) is -4.76. The van der Waals surface area contributed by atoms with Gasteiger partial charge >= 0.3 is 24.7 Å². The van der Waals surface area contributed by atoms with Gasteiger partial charge in [-0.1, -0.05) is 93.3 Å². The summed E-state index contributed by atoms with van der Waals surface area (Å²) >= 11 is 0. The van der Waals surface area contributed by atoms with E-state index in [4.69, 9.17) is 30.4 Å². The quantitative estimate of drug-likeness (QED) is 0.0182. The Morgan fingerprint density at radius 3 is 0.847 bits per heavy atom. The van der Waals surface area contributed by atoms with Crippen LogP contribution in [0.25, 0.3) is 91.6 Å². The van der Waals surface area contributed by atoms with Crippen LogP contribution in [-0.2, 0) is 45.4 Å². The van der Waals surface area contributed by atoms with Gasteiger partial charge in [0.2, 0.25) is 22.4 Å². The summed E-state index contributed by atoms with van der Waals surface area (Å²) < 4.78 is 368. The van der Waals surface area contributed by atoms with Crippen molar-refractivity contribution in [3.05, 3.63) is 264 Å². The van der Waals surface area contributed by atoms with Gasteiger partial charge in [0, 0.05) is 46.5 Å². The summed E-state index contributed by atoms with van der Waals surface area (Å²) in [6.07, 6.45) is -13.8. The van der Waals surface area contributed by atoms with Crippen LogP contribution in [0.4, 0.5) is 111 Å². The Morgan fingerprint density at radius 1 is 0.312 bits per heavy atom. The molecule has 16 aromatic rings. The molecule has 0 unspecified atom stereocenters. The molecule has 0 saturated carbocycles. The van der Waals surface area contributed by atoms with Crippen molar-refractivity contribution >= 4 is 46.4 Å². The Bertz CT molecular complexity index is 7780. The first-order valence-electron chi connectivity index (χ1n) is 44.9. The fourth-order valence-corrected chi connectivity index (χ4v) is 12.5. The molecule has 144 heavy (non-hydrogen) atoms. The average Bonchev–Trinajstić information content (AvgIpc) is 1.29. The van der Waals surface area contributed by atoms with Crippen molar-refractivity contribution in [3.8, 4) is 91.6 Å². The van der Waals surface area contributed by atoms with Gasteiger partial charge in [0.05, 0.1) is 112 Å². The topological polar surface area (TPSA) is 476 Å². The third kappa shape index (κ3) is 23.4. The standard InChI is InChI=1S/4C22H17F5N6O3/c4*1-12(34)21(35,22(25,26)27)11-29-19-15(24)9-28-20(30-19)17-8-18(16-6-7-36-32-16)33(31-17)10-13-4-2-3-5-14(13)23/h4*2-9,35H,10-11H2,1H3,(H,28,29,30)/t4*21-/m1111/s1/i2D,3D,4D,5D;3D,4D;2D,5D;3D. The Labute approximate surface area is 805 Å². The molecule has 0 radical (unpaired) electrons. The lowest BCUT2D eigenvalue weighted by atomic mass is 9.99. The van der Waals surface area contributed by atoms with E-state index in [0.717, 1.165) is 28.9 Å². The van der Waals surface area contributed by atoms with E-state index in [1.165, 1.54) is 106 Å². The average molecular weight is 2040 g/mol. The van der Waals surface area contributed by atoms with E-state index in [2.05, 4.69) is 80.9 Å². The van der Waals surface area contributed by atoms with Crippen molar-refractivity contribution in [2.75, 3.05) is 47.4 Å². The first kappa shape index (κ1) is 92.2. The van der Waals surface area contributed by atoms with Crippen LogP contribution in [0.15, 0.2) is 213 Å². The monoisotopic (exact) mass is 2040 g/mol. The van der Waals surface area contributed by atoms with Gasteiger partial charge in [-0.15, -0.1) is 0 Å². The number of nitrogens with zero attached hydrogens (tertiary/aromatic N) is 20. The largest absolute Gasteiger partial charge is 0.426 e. The normalized spacial score (nSPS) is 14.3. The van der Waals surface area contributed by atoms with Crippen LogP contribution in [0, 0.1) is 46.5 Å². The highest BCUT2D eigenvalue weighted by Gasteiger charge is 2.61. The van der Waals surface area contributed by atoms with Crippen LogP contribution in [-0.4, -0.2) is 216 Å². The molecule has 752 valence electrons. The number of carbonyl (C=O) groups excluding carboxylic acids is 4. The lowest BCUT2D eigenvalue weighted by Gasteiger charge is -2.28. The summed E-state index contributed by atoms with van der Waals surface area (Å²) in [6, 6.07) is 15.3. The minimum atomic E-state index is -5.37. The van der Waals surface area contributed by atoms with Gasteiger partial charge in [0.25, 0.3) is 0 Å². The zero-order valence-electron chi connectivity index (χ0n) is 82.0. The summed E-state index contributed by atoms with van der Waals surface area (Å²) in [4.78, 5) is 76.3. The summed E-state index contributed by atoms with van der Waals surface area (Å²) in [5.74, 6) is -18.9. The van der Waals surface area contributed by atoms with E-state index < -0.39 is 209 Å². The van der Waals surface area contributed by atoms with E-state index >= 15 is 0 Å². The van der Waals surface area contributed by atoms with Gasteiger partial charge in [0.1, 0.15) is 93.9 Å². The van der Waals surface area contributed by atoms with Gasteiger partial charge < -0.3 is 59.8 Å². The van der Waals surface area contributed by atoms with E-state index in [0.29, 0.717) is 63.9 Å². The number of nitrogens with one attached hydrogen (secondary N) is 4. The predicted octanol–water partition coefficient (Wildman–Crippen LogP) is 14.5. The third-order valence-electron chi connectivity index (χ3n) is 20.6. The van der Waals surface area contributed by atoms with Crippen LogP contribution in [0.2, 0.25) is 0 Å². The second kappa shape index (κ2) is 42.7. The molecule has 0 spiro atoms. The van der Waals surface area contributed by atoms with Crippen LogP contribution in [0.5, 0.6) is 0 Å². The molecule has 4 aromatic carbocycles. The van der Waals surface area contributed by atoms with Crippen molar-refractivity contribution in [1.29, 1.82) is 0 Å². The van der Waals surface area contributed by atoms with Crippen molar-refractivity contribution in [3.63, 3.8) is 0 Å². The predicted molar refractivity (Wildman–Crippen MR) is 458 cm³/mol. The molecule has 0 saturated heterocycles. The fourth-order valence-electron chi connectivity index (χ4n) is 12.5. The summed E-state index contributed by atoms with van der Waals surface area (Å²) in [7, 11) is 0. The Hall–Kier alpha value is -16.8. The minimum absolute atomic E-state index is 0.0243. The van der Waals surface area contributed by atoms with E-state index in [9.17, 15) is 127 Å². The molecule has 0 amide bonds. The maximum atomic E-state index is 14.8. The van der Waals surface area contributed by atoms with Crippen molar-refractivity contribution in [2.45, 2.75) is 101 Å². The Kier molecular flexibility index (Phi) is 27.4. The van der Waals surface area contributed by atoms with E-state index in [1.807, 2.05) is 21.3 Å². The molecule has 12 aromatic heterocycles. The SMILES string of the molecule is [2H]c1c([2H])c([2H])c(Cn2nc(-c3ncc(F)c(NC[C@@](O)(C(C)=O)C(F)(F)F)n3)cc2-c2ccon2)c(F)c1[2H].[2H]c1cc([2H])c(Cn2nc(-c3ncc(F)c(NC[C@@](O)(C(C)=O)C(F)(F)F)n3)cc2-c2ccon2)c(F)c1.[2H]c1cc([2H])c(F)c(Cn2nc(-c3ncc(F)c(NC[C@@](O)(C(C)=O)C(F)(F)F)n3)cc2-c2ccon2)c1.[2H]c1ccc(Cn2nc(-c3ncc(F)c(NC[C@@](O)(C(C)=O)C(F)(F)F)n3)cc2-c2ccon2)c(F)c1. The zero-order chi connectivity index (χ0) is 112. The molecule has 0 fully saturated rings. The second-order valence-electron chi connectivity index (χ2n) is 30.1. The smallest absolute Gasteiger partial charge is 0.373 e. The fraction of sp³-hybridized carbons (Fsp3) is 0.227. The van der Waals surface area contributed by atoms with Gasteiger partial charge in [-0.2, -0.15) is 73.1 Å². The zero-order valence-corrected chi connectivity index (χ0v) is 73.0.